The molecule has 0 unspecified atom stereocenters. The molecule has 4 aliphatic rings. The Hall–Kier alpha value is -1.12. The highest BCUT2D eigenvalue weighted by molar-refractivity contribution is 5.91. The zero-order valence-corrected chi connectivity index (χ0v) is 14.4. The van der Waals surface area contributed by atoms with Crippen LogP contribution in [0.4, 0.5) is 0 Å². The second-order valence-corrected chi connectivity index (χ2v) is 8.93. The number of carbonyl (C=O) groups excluding carboxylic acids is 2. The van der Waals surface area contributed by atoms with Gasteiger partial charge in [-0.25, -0.2) is 0 Å². The smallest absolute Gasteiger partial charge is 0.207 e. The van der Waals surface area contributed by atoms with Crippen LogP contribution in [0.2, 0.25) is 0 Å². The van der Waals surface area contributed by atoms with E-state index in [0.29, 0.717) is 11.8 Å². The maximum absolute atomic E-state index is 11.9. The number of rotatable bonds is 2. The normalized spacial score (nSPS) is 48.8. The lowest BCUT2D eigenvalue weighted by molar-refractivity contribution is -0.117. The van der Waals surface area contributed by atoms with Crippen LogP contribution < -0.4 is 5.32 Å². The van der Waals surface area contributed by atoms with Crippen molar-refractivity contribution in [3.05, 3.63) is 11.6 Å². The van der Waals surface area contributed by atoms with E-state index in [2.05, 4.69) is 19.2 Å². The Bertz CT molecular complexity index is 568. The Morgan fingerprint density at radius 2 is 1.91 bits per heavy atom. The summed E-state index contributed by atoms with van der Waals surface area (Å²) in [5, 5.41) is 3.11. The first-order chi connectivity index (χ1) is 11.0. The van der Waals surface area contributed by atoms with Crippen molar-refractivity contribution in [1.82, 2.24) is 5.32 Å². The lowest BCUT2D eigenvalue weighted by Crippen LogP contribution is -2.53. The molecule has 1 N–H and O–H groups in total. The fraction of sp³-hybridized carbons (Fsp3) is 0.800. The van der Waals surface area contributed by atoms with Gasteiger partial charge in [-0.3, -0.25) is 9.59 Å². The van der Waals surface area contributed by atoms with Gasteiger partial charge in [-0.05, 0) is 79.6 Å². The number of hydrogen-bond donors (Lipinski definition) is 1. The topological polar surface area (TPSA) is 46.2 Å². The van der Waals surface area contributed by atoms with E-state index in [1.165, 1.54) is 31.3 Å². The summed E-state index contributed by atoms with van der Waals surface area (Å²) in [5.74, 6) is 2.61. The van der Waals surface area contributed by atoms with Gasteiger partial charge in [-0.15, -0.1) is 0 Å². The molecule has 1 amide bonds. The number of nitrogens with one attached hydrogen (secondary N) is 1. The zero-order chi connectivity index (χ0) is 16.2. The van der Waals surface area contributed by atoms with Crippen LogP contribution in [0.15, 0.2) is 11.6 Å². The summed E-state index contributed by atoms with van der Waals surface area (Å²) in [6.45, 7) is 4.85. The predicted octanol–water partition coefficient (Wildman–Crippen LogP) is 3.63. The molecule has 0 spiro atoms. The predicted molar refractivity (Wildman–Crippen MR) is 89.7 cm³/mol. The Labute approximate surface area is 139 Å². The van der Waals surface area contributed by atoms with Crippen LogP contribution in [0.3, 0.4) is 0 Å². The van der Waals surface area contributed by atoms with Crippen molar-refractivity contribution in [3.63, 3.8) is 0 Å². The van der Waals surface area contributed by atoms with Crippen LogP contribution >= 0.6 is 0 Å². The largest absolute Gasteiger partial charge is 0.355 e. The van der Waals surface area contributed by atoms with Crippen LogP contribution in [-0.2, 0) is 9.59 Å². The van der Waals surface area contributed by atoms with Gasteiger partial charge >= 0.3 is 0 Å². The van der Waals surface area contributed by atoms with Gasteiger partial charge in [0.1, 0.15) is 0 Å². The molecule has 3 nitrogen and oxygen atoms in total. The van der Waals surface area contributed by atoms with E-state index in [4.69, 9.17) is 0 Å². The molecule has 0 aromatic carbocycles. The first kappa shape index (κ1) is 15.4. The highest BCUT2D eigenvalue weighted by Crippen LogP contribution is 2.65. The fourth-order valence-electron chi connectivity index (χ4n) is 6.92. The zero-order valence-electron chi connectivity index (χ0n) is 14.4. The molecule has 0 aromatic heterocycles. The molecule has 3 saturated carbocycles. The molecule has 126 valence electrons. The van der Waals surface area contributed by atoms with E-state index < -0.39 is 0 Å². The highest BCUT2D eigenvalue weighted by atomic mass is 16.1. The standard InChI is InChI=1S/C20H29NO2/c1-19-9-7-14(23)11-13(19)3-4-15-16-5-6-18(21-12-22)20(16,2)10-8-17(15)19/h11-12,15-18H,3-10H2,1-2H3,(H,21,22)/t15-,16-,17-,18-,19-,20-/m0/s1. The lowest BCUT2D eigenvalue weighted by Gasteiger charge is -2.58. The summed E-state index contributed by atoms with van der Waals surface area (Å²) in [4.78, 5) is 22.8. The summed E-state index contributed by atoms with van der Waals surface area (Å²) < 4.78 is 0. The molecule has 6 atom stereocenters. The second-order valence-electron chi connectivity index (χ2n) is 8.93. The molecule has 3 fully saturated rings. The van der Waals surface area contributed by atoms with E-state index >= 15 is 0 Å². The van der Waals surface area contributed by atoms with Gasteiger partial charge in [0.15, 0.2) is 5.78 Å². The van der Waals surface area contributed by atoms with Crippen LogP contribution in [-0.4, -0.2) is 18.2 Å². The van der Waals surface area contributed by atoms with Crippen molar-refractivity contribution >= 4 is 12.2 Å². The molecule has 4 aliphatic carbocycles. The van der Waals surface area contributed by atoms with Gasteiger partial charge in [-0.1, -0.05) is 19.4 Å². The van der Waals surface area contributed by atoms with Crippen LogP contribution in [0.25, 0.3) is 0 Å². The van der Waals surface area contributed by atoms with E-state index in [-0.39, 0.29) is 10.8 Å². The SMILES string of the molecule is C[C@]12CC[C@H]3[C@@H](CCC4=CC(=O)CC[C@@]43C)[C@@H]1CC[C@@H]2NC=O. The summed E-state index contributed by atoms with van der Waals surface area (Å²) in [5.41, 5.74) is 1.98. The van der Waals surface area contributed by atoms with Crippen molar-refractivity contribution in [2.75, 3.05) is 0 Å². The van der Waals surface area contributed by atoms with Crippen LogP contribution in [0.5, 0.6) is 0 Å². The molecular weight excluding hydrogens is 286 g/mol. The molecule has 23 heavy (non-hydrogen) atoms. The highest BCUT2D eigenvalue weighted by Gasteiger charge is 2.58. The van der Waals surface area contributed by atoms with Crippen LogP contribution in [0, 0.1) is 28.6 Å². The quantitative estimate of drug-likeness (QED) is 0.791. The van der Waals surface area contributed by atoms with Gasteiger partial charge in [0.05, 0.1) is 0 Å². The average Bonchev–Trinajstić information content (AvgIpc) is 2.85. The van der Waals surface area contributed by atoms with Gasteiger partial charge in [0, 0.05) is 12.5 Å². The fourth-order valence-corrected chi connectivity index (χ4v) is 6.92. The molecule has 0 bridgehead atoms. The molecule has 3 heteroatoms. The monoisotopic (exact) mass is 315 g/mol. The summed E-state index contributed by atoms with van der Waals surface area (Å²) in [6.07, 6.45) is 11.9. The van der Waals surface area contributed by atoms with Crippen molar-refractivity contribution in [3.8, 4) is 0 Å². The summed E-state index contributed by atoms with van der Waals surface area (Å²) in [6, 6.07) is 0.364. The van der Waals surface area contributed by atoms with E-state index in [9.17, 15) is 9.59 Å². The van der Waals surface area contributed by atoms with E-state index in [0.717, 1.165) is 49.8 Å². The number of carbonyl (C=O) groups is 2. The maximum Gasteiger partial charge on any atom is 0.207 e. The number of fused-ring (bicyclic) bond motifs is 5. The minimum absolute atomic E-state index is 0.258. The Balaban J connectivity index is 1.64. The molecular formula is C20H29NO2. The Morgan fingerprint density at radius 3 is 2.70 bits per heavy atom. The van der Waals surface area contributed by atoms with Crippen molar-refractivity contribution < 1.29 is 9.59 Å². The molecule has 4 rings (SSSR count). The summed E-state index contributed by atoms with van der Waals surface area (Å²) >= 11 is 0. The second kappa shape index (κ2) is 5.19. The van der Waals surface area contributed by atoms with E-state index in [1.54, 1.807) is 0 Å². The minimum atomic E-state index is 0.258. The summed E-state index contributed by atoms with van der Waals surface area (Å²) in [7, 11) is 0. The first-order valence-electron chi connectivity index (χ1n) is 9.42. The number of hydrogen-bond acceptors (Lipinski definition) is 2. The van der Waals surface area contributed by atoms with Crippen molar-refractivity contribution in [2.24, 2.45) is 28.6 Å². The molecule has 0 aliphatic heterocycles. The van der Waals surface area contributed by atoms with Gasteiger partial charge in [-0.2, -0.15) is 0 Å². The van der Waals surface area contributed by atoms with Crippen molar-refractivity contribution in [2.45, 2.75) is 71.3 Å². The van der Waals surface area contributed by atoms with Gasteiger partial charge in [0.2, 0.25) is 6.41 Å². The number of ketones is 1. The average molecular weight is 315 g/mol. The molecule has 0 saturated heterocycles. The molecule has 0 heterocycles. The maximum atomic E-state index is 11.9. The van der Waals surface area contributed by atoms with E-state index in [1.807, 2.05) is 6.08 Å². The number of allylic oxidation sites excluding steroid dienone is 1. The van der Waals surface area contributed by atoms with Gasteiger partial charge in [0.25, 0.3) is 0 Å². The third-order valence-corrected chi connectivity index (χ3v) is 8.23. The minimum Gasteiger partial charge on any atom is -0.355 e. The first-order valence-corrected chi connectivity index (χ1v) is 9.42. The van der Waals surface area contributed by atoms with Gasteiger partial charge < -0.3 is 5.32 Å². The number of amides is 1. The molecule has 0 radical (unpaired) electrons. The van der Waals surface area contributed by atoms with Crippen molar-refractivity contribution in [1.29, 1.82) is 0 Å². The Morgan fingerprint density at radius 1 is 1.09 bits per heavy atom. The molecule has 0 aromatic rings. The Kier molecular flexibility index (Phi) is 3.48. The third kappa shape index (κ3) is 2.08. The van der Waals surface area contributed by atoms with Crippen LogP contribution in [0.1, 0.15) is 65.2 Å². The third-order valence-electron chi connectivity index (χ3n) is 8.23. The lowest BCUT2D eigenvalue weighted by atomic mass is 9.47.